The van der Waals surface area contributed by atoms with Crippen LogP contribution in [-0.4, -0.2) is 19.1 Å². The predicted octanol–water partition coefficient (Wildman–Crippen LogP) is 4.72. The largest absolute Gasteiger partial charge is 0.371 e. The van der Waals surface area contributed by atoms with Gasteiger partial charge in [-0.25, -0.2) is 0 Å². The van der Waals surface area contributed by atoms with E-state index in [1.807, 2.05) is 0 Å². The van der Waals surface area contributed by atoms with E-state index in [2.05, 4.69) is 58.2 Å². The topological polar surface area (TPSA) is 15.3 Å². The Morgan fingerprint density at radius 3 is 2.67 bits per heavy atom. The number of hydrogen-bond donors (Lipinski definition) is 1. The summed E-state index contributed by atoms with van der Waals surface area (Å²) in [5, 5.41) is 3.66. The van der Waals surface area contributed by atoms with Gasteiger partial charge in [-0.1, -0.05) is 35.8 Å². The van der Waals surface area contributed by atoms with Crippen LogP contribution >= 0.6 is 15.9 Å². The Morgan fingerprint density at radius 2 is 2.05 bits per heavy atom. The van der Waals surface area contributed by atoms with Crippen LogP contribution in [0.15, 0.2) is 22.7 Å². The van der Waals surface area contributed by atoms with E-state index >= 15 is 0 Å². The van der Waals surface area contributed by atoms with Crippen molar-refractivity contribution in [2.75, 3.05) is 18.0 Å². The fourth-order valence-electron chi connectivity index (χ4n) is 3.49. The van der Waals surface area contributed by atoms with Gasteiger partial charge in [-0.2, -0.15) is 0 Å². The summed E-state index contributed by atoms with van der Waals surface area (Å²) < 4.78 is 1.19. The first-order valence-corrected chi connectivity index (χ1v) is 9.22. The van der Waals surface area contributed by atoms with E-state index in [4.69, 9.17) is 0 Å². The van der Waals surface area contributed by atoms with E-state index in [1.54, 1.807) is 0 Å². The smallest absolute Gasteiger partial charge is 0.0423 e. The molecule has 0 spiro atoms. The number of anilines is 1. The molecule has 0 radical (unpaired) electrons. The molecule has 3 rings (SSSR count). The molecule has 2 fully saturated rings. The van der Waals surface area contributed by atoms with E-state index in [0.717, 1.165) is 12.6 Å². The first kappa shape index (κ1) is 15.4. The van der Waals surface area contributed by atoms with Crippen LogP contribution in [0.1, 0.15) is 51.5 Å². The van der Waals surface area contributed by atoms with Gasteiger partial charge in [0, 0.05) is 35.8 Å². The summed E-state index contributed by atoms with van der Waals surface area (Å²) in [5.41, 5.74) is 3.41. The molecule has 0 amide bonds. The van der Waals surface area contributed by atoms with Crippen LogP contribution in [0.2, 0.25) is 0 Å². The molecule has 21 heavy (non-hydrogen) atoms. The number of hydrogen-bond acceptors (Lipinski definition) is 2. The summed E-state index contributed by atoms with van der Waals surface area (Å²) in [6.45, 7) is 8.13. The van der Waals surface area contributed by atoms with Gasteiger partial charge in [0.05, 0.1) is 0 Å². The Morgan fingerprint density at radius 1 is 1.29 bits per heavy atom. The lowest BCUT2D eigenvalue weighted by Gasteiger charge is -2.28. The molecule has 1 heterocycles. The lowest BCUT2D eigenvalue weighted by molar-refractivity contribution is 0.301. The number of nitrogens with zero attached hydrogens (tertiary/aromatic N) is 1. The summed E-state index contributed by atoms with van der Waals surface area (Å²) in [6, 6.07) is 7.54. The zero-order valence-corrected chi connectivity index (χ0v) is 14.9. The molecule has 116 valence electrons. The van der Waals surface area contributed by atoms with E-state index in [1.165, 1.54) is 60.9 Å². The van der Waals surface area contributed by atoms with Crippen LogP contribution in [-0.2, 0) is 6.54 Å². The van der Waals surface area contributed by atoms with Gasteiger partial charge in [-0.05, 0) is 55.2 Å². The van der Waals surface area contributed by atoms with E-state index < -0.39 is 0 Å². The van der Waals surface area contributed by atoms with Gasteiger partial charge in [0.2, 0.25) is 0 Å². The van der Waals surface area contributed by atoms with Gasteiger partial charge in [-0.3, -0.25) is 0 Å². The number of rotatable bonds is 6. The minimum absolute atomic E-state index is 0.531. The van der Waals surface area contributed by atoms with Gasteiger partial charge in [0.25, 0.3) is 0 Å². The maximum absolute atomic E-state index is 3.66. The molecule has 1 aliphatic carbocycles. The number of nitrogens with one attached hydrogen (secondary N) is 1. The third-order valence-electron chi connectivity index (χ3n) is 5.48. The highest BCUT2D eigenvalue weighted by Crippen LogP contribution is 2.40. The Hall–Kier alpha value is -0.540. The maximum atomic E-state index is 3.66. The van der Waals surface area contributed by atoms with Crippen molar-refractivity contribution in [3.05, 3.63) is 28.2 Å². The monoisotopic (exact) mass is 350 g/mol. The van der Waals surface area contributed by atoms with Gasteiger partial charge in [0.1, 0.15) is 0 Å². The average molecular weight is 351 g/mol. The summed E-state index contributed by atoms with van der Waals surface area (Å²) in [5.74, 6) is 0. The molecule has 2 nitrogen and oxygen atoms in total. The molecule has 0 aromatic heterocycles. The molecule has 1 aliphatic heterocycles. The number of benzene rings is 1. The van der Waals surface area contributed by atoms with Crippen LogP contribution in [0.5, 0.6) is 0 Å². The highest BCUT2D eigenvalue weighted by molar-refractivity contribution is 9.10. The van der Waals surface area contributed by atoms with Crippen molar-refractivity contribution in [1.82, 2.24) is 5.32 Å². The minimum atomic E-state index is 0.531. The van der Waals surface area contributed by atoms with E-state index in [9.17, 15) is 0 Å². The first-order chi connectivity index (χ1) is 10.2. The summed E-state index contributed by atoms with van der Waals surface area (Å²) in [7, 11) is 0. The molecular formula is C18H27BrN2. The second-order valence-electron chi connectivity index (χ2n) is 6.81. The van der Waals surface area contributed by atoms with Crippen LogP contribution in [0.4, 0.5) is 5.69 Å². The third-order valence-corrected chi connectivity index (χ3v) is 5.98. The highest BCUT2D eigenvalue weighted by Gasteiger charge is 2.35. The molecule has 2 aliphatic rings. The Bertz CT molecular complexity index is 492. The first-order valence-electron chi connectivity index (χ1n) is 8.42. The van der Waals surface area contributed by atoms with Gasteiger partial charge in [-0.15, -0.1) is 0 Å². The normalized spacial score (nSPS) is 21.0. The van der Waals surface area contributed by atoms with Crippen LogP contribution < -0.4 is 10.2 Å². The minimum Gasteiger partial charge on any atom is -0.371 e. The van der Waals surface area contributed by atoms with E-state index in [-0.39, 0.29) is 0 Å². The van der Waals surface area contributed by atoms with Crippen molar-refractivity contribution in [2.45, 2.75) is 58.5 Å². The van der Waals surface area contributed by atoms with Crippen LogP contribution in [0.25, 0.3) is 0 Å². The van der Waals surface area contributed by atoms with Gasteiger partial charge < -0.3 is 10.2 Å². The fraction of sp³-hybridized carbons (Fsp3) is 0.667. The van der Waals surface area contributed by atoms with Gasteiger partial charge in [0.15, 0.2) is 0 Å². The van der Waals surface area contributed by atoms with Crippen molar-refractivity contribution in [1.29, 1.82) is 0 Å². The highest BCUT2D eigenvalue weighted by atomic mass is 79.9. The van der Waals surface area contributed by atoms with Crippen molar-refractivity contribution in [2.24, 2.45) is 5.41 Å². The van der Waals surface area contributed by atoms with Crippen molar-refractivity contribution < 1.29 is 0 Å². The van der Waals surface area contributed by atoms with Crippen molar-refractivity contribution in [3.8, 4) is 0 Å². The summed E-state index contributed by atoms with van der Waals surface area (Å²) in [6.07, 6.45) is 6.63. The molecule has 0 bridgehead atoms. The van der Waals surface area contributed by atoms with Crippen molar-refractivity contribution >= 4 is 21.6 Å². The molecule has 1 aromatic rings. The van der Waals surface area contributed by atoms with E-state index in [0.29, 0.717) is 5.41 Å². The Labute approximate surface area is 137 Å². The molecule has 0 atom stereocenters. The molecule has 3 heteroatoms. The molecule has 1 saturated carbocycles. The molecule has 0 unspecified atom stereocenters. The lowest BCUT2D eigenvalue weighted by Crippen LogP contribution is -2.27. The SMILES string of the molecule is CCC1(CC)CCN(c2cc(Br)ccc2CNC2CC2)C1. The van der Waals surface area contributed by atoms with Crippen LogP contribution in [0.3, 0.4) is 0 Å². The standard InChI is InChI=1S/C18H27BrN2/c1-3-18(4-2)9-10-21(13-18)17-11-15(19)6-5-14(17)12-20-16-7-8-16/h5-6,11,16,20H,3-4,7-10,12-13H2,1-2H3. The third kappa shape index (κ3) is 3.45. The fourth-order valence-corrected chi connectivity index (χ4v) is 3.84. The Balaban J connectivity index is 1.78. The lowest BCUT2D eigenvalue weighted by atomic mass is 9.82. The van der Waals surface area contributed by atoms with Gasteiger partial charge >= 0.3 is 0 Å². The van der Waals surface area contributed by atoms with Crippen LogP contribution in [0, 0.1) is 5.41 Å². The molecular weight excluding hydrogens is 324 g/mol. The number of halogens is 1. The Kier molecular flexibility index (Phi) is 4.60. The predicted molar refractivity (Wildman–Crippen MR) is 93.8 cm³/mol. The average Bonchev–Trinajstić information content (AvgIpc) is 3.23. The second-order valence-corrected chi connectivity index (χ2v) is 7.72. The van der Waals surface area contributed by atoms with Crippen molar-refractivity contribution in [3.63, 3.8) is 0 Å². The molecule has 1 saturated heterocycles. The molecule has 1 N–H and O–H groups in total. The zero-order valence-electron chi connectivity index (χ0n) is 13.3. The maximum Gasteiger partial charge on any atom is 0.0423 e. The summed E-state index contributed by atoms with van der Waals surface area (Å²) in [4.78, 5) is 2.61. The quantitative estimate of drug-likeness (QED) is 0.798. The zero-order chi connectivity index (χ0) is 14.9. The second kappa shape index (κ2) is 6.29. The molecule has 1 aromatic carbocycles. The summed E-state index contributed by atoms with van der Waals surface area (Å²) >= 11 is 3.65.